The molecule has 1 N–H and O–H groups in total. The molecule has 4 aromatic rings. The molecule has 1 amide bonds. The summed E-state index contributed by atoms with van der Waals surface area (Å²) in [5.74, 6) is 1.69. The molecule has 12 heteroatoms. The van der Waals surface area contributed by atoms with Gasteiger partial charge in [-0.2, -0.15) is 0 Å². The summed E-state index contributed by atoms with van der Waals surface area (Å²) in [7, 11) is 1.92. The van der Waals surface area contributed by atoms with E-state index in [1.54, 1.807) is 12.4 Å². The summed E-state index contributed by atoms with van der Waals surface area (Å²) < 4.78 is 7.07. The SMILES string of the molecule is CC1CCC(Cn2c(N3CC(=O)N(C)C4CCCC43)nc3cc(-c4noc(=O)[nH]4)nc(-c4cncc(Cl)c4)c32)CC1. The first kappa shape index (κ1) is 26.2. The maximum atomic E-state index is 13.2. The van der Waals surface area contributed by atoms with E-state index in [2.05, 4.69) is 31.5 Å². The molecular weight excluding hydrogens is 544 g/mol. The molecule has 1 saturated heterocycles. The predicted octanol–water partition coefficient (Wildman–Crippen LogP) is 4.52. The number of imidazole rings is 1. The number of hydrogen-bond acceptors (Lipinski definition) is 8. The Morgan fingerprint density at radius 2 is 1.85 bits per heavy atom. The molecular formula is C29H33ClN8O3. The highest BCUT2D eigenvalue weighted by molar-refractivity contribution is 6.30. The smallest absolute Gasteiger partial charge is 0.339 e. The van der Waals surface area contributed by atoms with Gasteiger partial charge in [0, 0.05) is 31.5 Å². The molecule has 2 unspecified atom stereocenters. The van der Waals surface area contributed by atoms with E-state index in [4.69, 9.17) is 26.1 Å². The Bertz CT molecular complexity index is 1670. The van der Waals surface area contributed by atoms with E-state index in [0.29, 0.717) is 27.8 Å². The van der Waals surface area contributed by atoms with Crippen LogP contribution in [-0.2, 0) is 11.3 Å². The van der Waals surface area contributed by atoms with Gasteiger partial charge < -0.3 is 14.4 Å². The number of carbonyl (C=O) groups excluding carboxylic acids is 1. The Morgan fingerprint density at radius 3 is 2.61 bits per heavy atom. The number of nitrogens with one attached hydrogen (secondary N) is 1. The molecule has 5 heterocycles. The van der Waals surface area contributed by atoms with E-state index >= 15 is 0 Å². The van der Waals surface area contributed by atoms with Crippen molar-refractivity contribution >= 4 is 34.5 Å². The molecule has 0 bridgehead atoms. The van der Waals surface area contributed by atoms with Crippen molar-refractivity contribution in [2.24, 2.45) is 11.8 Å². The summed E-state index contributed by atoms with van der Waals surface area (Å²) in [6.07, 6.45) is 11.1. The monoisotopic (exact) mass is 576 g/mol. The second kappa shape index (κ2) is 10.3. The minimum atomic E-state index is -0.658. The van der Waals surface area contributed by atoms with Crippen LogP contribution in [0.25, 0.3) is 33.8 Å². The molecule has 1 aliphatic heterocycles. The second-order valence-electron chi connectivity index (χ2n) is 11.9. The molecule has 214 valence electrons. The van der Waals surface area contributed by atoms with Crippen LogP contribution in [0.15, 0.2) is 33.8 Å². The van der Waals surface area contributed by atoms with E-state index in [0.717, 1.165) is 61.6 Å². The highest BCUT2D eigenvalue weighted by Gasteiger charge is 2.43. The van der Waals surface area contributed by atoms with E-state index in [1.165, 1.54) is 12.8 Å². The molecule has 3 aliphatic rings. The lowest BCUT2D eigenvalue weighted by molar-refractivity contribution is -0.132. The van der Waals surface area contributed by atoms with Crippen LogP contribution in [-0.4, -0.2) is 66.1 Å². The van der Waals surface area contributed by atoms with Gasteiger partial charge in [0.1, 0.15) is 12.2 Å². The quantitative estimate of drug-likeness (QED) is 0.367. The van der Waals surface area contributed by atoms with Crippen molar-refractivity contribution in [3.63, 3.8) is 0 Å². The fraction of sp³-hybridized carbons (Fsp3) is 0.517. The Hall–Kier alpha value is -3.73. The van der Waals surface area contributed by atoms with E-state index in [1.807, 2.05) is 24.1 Å². The number of H-pyrrole nitrogens is 1. The molecule has 2 aliphatic carbocycles. The van der Waals surface area contributed by atoms with Crippen LogP contribution in [0, 0.1) is 11.8 Å². The predicted molar refractivity (Wildman–Crippen MR) is 155 cm³/mol. The number of aromatic nitrogens is 6. The van der Waals surface area contributed by atoms with Gasteiger partial charge in [0.25, 0.3) is 0 Å². The Morgan fingerprint density at radius 1 is 1.05 bits per heavy atom. The number of nitrogens with zero attached hydrogens (tertiary/aromatic N) is 7. The van der Waals surface area contributed by atoms with Crippen molar-refractivity contribution in [3.8, 4) is 22.8 Å². The third-order valence-electron chi connectivity index (χ3n) is 9.24. The van der Waals surface area contributed by atoms with Crippen molar-refractivity contribution in [2.75, 3.05) is 18.5 Å². The van der Waals surface area contributed by atoms with E-state index in [-0.39, 0.29) is 30.4 Å². The summed E-state index contributed by atoms with van der Waals surface area (Å²) in [5.41, 5.74) is 3.36. The van der Waals surface area contributed by atoms with Gasteiger partial charge in [-0.1, -0.05) is 36.5 Å². The van der Waals surface area contributed by atoms with Crippen LogP contribution in [0.5, 0.6) is 0 Å². The number of amides is 1. The van der Waals surface area contributed by atoms with Gasteiger partial charge in [-0.3, -0.25) is 19.3 Å². The van der Waals surface area contributed by atoms with Crippen LogP contribution in [0.2, 0.25) is 5.02 Å². The maximum absolute atomic E-state index is 13.2. The number of likely N-dealkylation sites (N-methyl/N-ethyl adjacent to an activating group) is 1. The largest absolute Gasteiger partial charge is 0.439 e. The molecule has 7 rings (SSSR count). The molecule has 4 aromatic heterocycles. The first-order valence-electron chi connectivity index (χ1n) is 14.5. The Labute approximate surface area is 241 Å². The third-order valence-corrected chi connectivity index (χ3v) is 9.45. The van der Waals surface area contributed by atoms with Gasteiger partial charge in [-0.25, -0.2) is 14.8 Å². The topological polar surface area (TPSA) is 126 Å². The lowest BCUT2D eigenvalue weighted by Crippen LogP contribution is -2.59. The summed E-state index contributed by atoms with van der Waals surface area (Å²) in [6, 6.07) is 4.04. The number of carbonyl (C=O) groups is 1. The fourth-order valence-corrected chi connectivity index (χ4v) is 7.20. The standard InChI is InChI=1S/C29H33ClN8O3/c1-16-6-8-17(9-7-16)14-38-26-20(33-28(38)37-15-24(39)36(2)22-4-3-5-23(22)37)11-21(27-34-29(40)41-35-27)32-25(26)18-10-19(30)13-31-12-18/h10-13,16-17,22-23H,3-9,14-15H2,1-2H3,(H,34,35,40). The molecule has 3 fully saturated rings. The highest BCUT2D eigenvalue weighted by atomic mass is 35.5. The maximum Gasteiger partial charge on any atom is 0.439 e. The molecule has 0 spiro atoms. The normalized spacial score (nSPS) is 24.8. The summed E-state index contributed by atoms with van der Waals surface area (Å²) in [5, 5.41) is 4.37. The zero-order valence-corrected chi connectivity index (χ0v) is 24.0. The highest BCUT2D eigenvalue weighted by Crippen LogP contribution is 2.40. The molecule has 2 saturated carbocycles. The molecule has 41 heavy (non-hydrogen) atoms. The number of rotatable bonds is 5. The molecule has 2 atom stereocenters. The molecule has 0 aromatic carbocycles. The number of hydrogen-bond donors (Lipinski definition) is 1. The van der Waals surface area contributed by atoms with Gasteiger partial charge in [0.05, 0.1) is 33.8 Å². The van der Waals surface area contributed by atoms with E-state index < -0.39 is 5.76 Å². The van der Waals surface area contributed by atoms with E-state index in [9.17, 15) is 9.59 Å². The first-order chi connectivity index (χ1) is 19.9. The lowest BCUT2D eigenvalue weighted by atomic mass is 9.83. The van der Waals surface area contributed by atoms with Gasteiger partial charge in [-0.15, -0.1) is 0 Å². The fourth-order valence-electron chi connectivity index (χ4n) is 7.03. The number of halogens is 1. The lowest BCUT2D eigenvalue weighted by Gasteiger charge is -2.43. The summed E-state index contributed by atoms with van der Waals surface area (Å²) >= 11 is 6.39. The number of aromatic amines is 1. The summed E-state index contributed by atoms with van der Waals surface area (Å²) in [4.78, 5) is 46.3. The van der Waals surface area contributed by atoms with Crippen molar-refractivity contribution in [3.05, 3.63) is 40.1 Å². The van der Waals surface area contributed by atoms with Gasteiger partial charge in [0.2, 0.25) is 17.7 Å². The minimum Gasteiger partial charge on any atom is -0.339 e. The molecule has 0 radical (unpaired) electrons. The van der Waals surface area contributed by atoms with Gasteiger partial charge in [0.15, 0.2) is 0 Å². The van der Waals surface area contributed by atoms with Crippen LogP contribution in [0.4, 0.5) is 5.95 Å². The minimum absolute atomic E-state index is 0.108. The number of pyridine rings is 2. The van der Waals surface area contributed by atoms with Crippen molar-refractivity contribution < 1.29 is 9.32 Å². The zero-order valence-electron chi connectivity index (χ0n) is 23.2. The first-order valence-corrected chi connectivity index (χ1v) is 14.8. The van der Waals surface area contributed by atoms with Crippen LogP contribution >= 0.6 is 11.6 Å². The number of piperazine rings is 1. The van der Waals surface area contributed by atoms with Crippen molar-refractivity contribution in [2.45, 2.75) is 70.5 Å². The van der Waals surface area contributed by atoms with Crippen molar-refractivity contribution in [1.82, 2.24) is 34.6 Å². The van der Waals surface area contributed by atoms with Crippen LogP contribution in [0.3, 0.4) is 0 Å². The third kappa shape index (κ3) is 4.69. The van der Waals surface area contributed by atoms with Crippen molar-refractivity contribution in [1.29, 1.82) is 0 Å². The van der Waals surface area contributed by atoms with Crippen LogP contribution < -0.4 is 10.7 Å². The van der Waals surface area contributed by atoms with Crippen LogP contribution in [0.1, 0.15) is 51.9 Å². The number of fused-ring (bicyclic) bond motifs is 2. The number of anilines is 1. The summed E-state index contributed by atoms with van der Waals surface area (Å²) in [6.45, 7) is 3.39. The second-order valence-corrected chi connectivity index (χ2v) is 12.3. The molecule has 11 nitrogen and oxygen atoms in total. The van der Waals surface area contributed by atoms with Gasteiger partial charge in [-0.05, 0) is 56.1 Å². The Balaban J connectivity index is 1.45. The average molecular weight is 577 g/mol. The average Bonchev–Trinajstić information content (AvgIpc) is 3.71. The van der Waals surface area contributed by atoms with Gasteiger partial charge >= 0.3 is 5.76 Å². The Kier molecular flexibility index (Phi) is 6.56. The zero-order chi connectivity index (χ0) is 28.2.